The number of rotatable bonds is 7. The Kier molecular flexibility index (Phi) is 6.31. The van der Waals surface area contributed by atoms with Crippen molar-refractivity contribution in [2.45, 2.75) is 19.4 Å². The maximum Gasteiger partial charge on any atom is 0.265 e. The van der Waals surface area contributed by atoms with Crippen molar-refractivity contribution < 1.29 is 14.6 Å². The number of hydrogen-bond acceptors (Lipinski definition) is 4. The van der Waals surface area contributed by atoms with E-state index in [0.717, 1.165) is 11.1 Å². The molecule has 0 saturated heterocycles. The van der Waals surface area contributed by atoms with Crippen molar-refractivity contribution >= 4 is 18.1 Å². The summed E-state index contributed by atoms with van der Waals surface area (Å²) >= 11 is 0. The third kappa shape index (κ3) is 5.43. The van der Waals surface area contributed by atoms with Crippen LogP contribution in [-0.2, 0) is 4.79 Å². The van der Waals surface area contributed by atoms with E-state index in [-0.39, 0.29) is 19.1 Å². The fourth-order valence-electron chi connectivity index (χ4n) is 2.36. The number of carbonyl (C=O) groups excluding carboxylic acids is 1. The first-order valence-corrected chi connectivity index (χ1v) is 8.16. The summed E-state index contributed by atoms with van der Waals surface area (Å²) in [6, 6.07) is 11.4. The summed E-state index contributed by atoms with van der Waals surface area (Å²) in [4.78, 5) is 17.8. The molecule has 0 aliphatic heterocycles. The van der Waals surface area contributed by atoms with Crippen LogP contribution in [-0.4, -0.2) is 46.7 Å². The number of pyridine rings is 1. The lowest BCUT2D eigenvalue weighted by molar-refractivity contribution is -0.144. The second-order valence-corrected chi connectivity index (χ2v) is 6.25. The molecule has 5 heteroatoms. The standard InChI is InChI=1S/C20H24N2O3/c1-20(2,19(24)22(3)14-15-23)25-18-8-6-16(7-9-18)4-5-17-10-12-21-13-11-17/h4-13,23H,14-15H2,1-3H3/b5-4+. The van der Waals surface area contributed by atoms with Gasteiger partial charge < -0.3 is 14.7 Å². The third-order valence-corrected chi connectivity index (χ3v) is 3.72. The number of carbonyl (C=O) groups is 1. The molecule has 0 radical (unpaired) electrons. The summed E-state index contributed by atoms with van der Waals surface area (Å²) in [6.07, 6.45) is 7.52. The van der Waals surface area contributed by atoms with E-state index < -0.39 is 5.60 Å². The average molecular weight is 340 g/mol. The minimum atomic E-state index is -1.00. The Balaban J connectivity index is 2.02. The molecule has 0 atom stereocenters. The molecule has 1 N–H and O–H groups in total. The van der Waals surface area contributed by atoms with Gasteiger partial charge in [0, 0.05) is 26.0 Å². The van der Waals surface area contributed by atoms with Crippen molar-refractivity contribution in [3.05, 3.63) is 59.9 Å². The number of benzene rings is 1. The SMILES string of the molecule is CN(CCO)C(=O)C(C)(C)Oc1ccc(/C=C/c2ccncc2)cc1. The summed E-state index contributed by atoms with van der Waals surface area (Å²) in [5, 5.41) is 8.96. The highest BCUT2D eigenvalue weighted by Crippen LogP contribution is 2.21. The number of likely N-dealkylation sites (N-methyl/N-ethyl adjacent to an activating group) is 1. The van der Waals surface area contributed by atoms with Gasteiger partial charge in [-0.1, -0.05) is 24.3 Å². The predicted molar refractivity (Wildman–Crippen MR) is 99.0 cm³/mol. The van der Waals surface area contributed by atoms with E-state index in [1.54, 1.807) is 33.3 Å². The van der Waals surface area contributed by atoms with Crippen LogP contribution in [0, 0.1) is 0 Å². The molecule has 0 aliphatic rings. The van der Waals surface area contributed by atoms with Crippen LogP contribution in [0.4, 0.5) is 0 Å². The Hall–Kier alpha value is -2.66. The average Bonchev–Trinajstić information content (AvgIpc) is 2.61. The summed E-state index contributed by atoms with van der Waals surface area (Å²) in [5.41, 5.74) is 1.11. The van der Waals surface area contributed by atoms with Gasteiger partial charge in [0.05, 0.1) is 6.61 Å². The van der Waals surface area contributed by atoms with E-state index in [1.165, 1.54) is 4.90 Å². The van der Waals surface area contributed by atoms with Crippen LogP contribution in [0.2, 0.25) is 0 Å². The topological polar surface area (TPSA) is 62.7 Å². The molecular weight excluding hydrogens is 316 g/mol. The highest BCUT2D eigenvalue weighted by molar-refractivity contribution is 5.84. The Morgan fingerprint density at radius 1 is 1.12 bits per heavy atom. The fourth-order valence-corrected chi connectivity index (χ4v) is 2.36. The fraction of sp³-hybridized carbons (Fsp3) is 0.300. The second-order valence-electron chi connectivity index (χ2n) is 6.25. The van der Waals surface area contributed by atoms with E-state index in [2.05, 4.69) is 4.98 Å². The number of aromatic nitrogens is 1. The predicted octanol–water partition coefficient (Wildman–Crippen LogP) is 2.86. The minimum absolute atomic E-state index is 0.0726. The molecule has 0 aliphatic carbocycles. The number of nitrogens with zero attached hydrogens (tertiary/aromatic N) is 2. The smallest absolute Gasteiger partial charge is 0.265 e. The van der Waals surface area contributed by atoms with E-state index in [9.17, 15) is 4.79 Å². The van der Waals surface area contributed by atoms with Crippen LogP contribution in [0.5, 0.6) is 5.75 Å². The van der Waals surface area contributed by atoms with Crippen LogP contribution in [0.3, 0.4) is 0 Å². The van der Waals surface area contributed by atoms with Crippen molar-refractivity contribution in [2.24, 2.45) is 0 Å². The summed E-state index contributed by atoms with van der Waals surface area (Å²) in [5.74, 6) is 0.444. The minimum Gasteiger partial charge on any atom is -0.478 e. The van der Waals surface area contributed by atoms with Gasteiger partial charge in [-0.15, -0.1) is 0 Å². The molecule has 2 aromatic rings. The maximum atomic E-state index is 12.4. The molecule has 1 aromatic carbocycles. The van der Waals surface area contributed by atoms with Crippen molar-refractivity contribution in [2.75, 3.05) is 20.2 Å². The Morgan fingerprint density at radius 3 is 2.24 bits per heavy atom. The van der Waals surface area contributed by atoms with Crippen LogP contribution in [0.25, 0.3) is 12.2 Å². The first-order chi connectivity index (χ1) is 11.9. The van der Waals surface area contributed by atoms with Crippen molar-refractivity contribution in [1.29, 1.82) is 0 Å². The Bertz CT molecular complexity index is 709. The molecule has 0 unspecified atom stereocenters. The number of ether oxygens (including phenoxy) is 1. The molecule has 25 heavy (non-hydrogen) atoms. The highest BCUT2D eigenvalue weighted by atomic mass is 16.5. The second kappa shape index (κ2) is 8.44. The molecule has 0 saturated carbocycles. The lowest BCUT2D eigenvalue weighted by atomic mass is 10.1. The molecule has 5 nitrogen and oxygen atoms in total. The number of amides is 1. The van der Waals surface area contributed by atoms with Gasteiger partial charge in [0.1, 0.15) is 5.75 Å². The van der Waals surface area contributed by atoms with Gasteiger partial charge in [-0.3, -0.25) is 9.78 Å². The van der Waals surface area contributed by atoms with Gasteiger partial charge in [-0.2, -0.15) is 0 Å². The lowest BCUT2D eigenvalue weighted by Crippen LogP contribution is -2.48. The third-order valence-electron chi connectivity index (χ3n) is 3.72. The van der Waals surface area contributed by atoms with Crippen molar-refractivity contribution in [1.82, 2.24) is 9.88 Å². The van der Waals surface area contributed by atoms with E-state index in [0.29, 0.717) is 5.75 Å². The molecule has 0 spiro atoms. The lowest BCUT2D eigenvalue weighted by Gasteiger charge is -2.29. The Labute approximate surface area is 148 Å². The van der Waals surface area contributed by atoms with E-state index in [1.807, 2.05) is 48.6 Å². The first kappa shape index (κ1) is 18.7. The molecule has 0 fully saturated rings. The molecule has 1 amide bonds. The molecule has 0 bridgehead atoms. The summed E-state index contributed by atoms with van der Waals surface area (Å²) < 4.78 is 5.84. The normalized spacial score (nSPS) is 11.5. The van der Waals surface area contributed by atoms with Gasteiger partial charge in [-0.25, -0.2) is 0 Å². The zero-order valence-electron chi connectivity index (χ0n) is 14.8. The zero-order valence-corrected chi connectivity index (χ0v) is 14.8. The Morgan fingerprint density at radius 2 is 1.68 bits per heavy atom. The van der Waals surface area contributed by atoms with Crippen molar-refractivity contribution in [3.8, 4) is 5.75 Å². The number of aliphatic hydroxyl groups is 1. The molecular formula is C20H24N2O3. The number of hydrogen-bond donors (Lipinski definition) is 1. The molecule has 132 valence electrons. The van der Waals surface area contributed by atoms with Crippen molar-refractivity contribution in [3.63, 3.8) is 0 Å². The van der Waals surface area contributed by atoms with Gasteiger partial charge in [0.15, 0.2) is 5.60 Å². The van der Waals surface area contributed by atoms with Crippen LogP contribution in [0.1, 0.15) is 25.0 Å². The largest absolute Gasteiger partial charge is 0.478 e. The van der Waals surface area contributed by atoms with Crippen LogP contribution < -0.4 is 4.74 Å². The van der Waals surface area contributed by atoms with Gasteiger partial charge >= 0.3 is 0 Å². The maximum absolute atomic E-state index is 12.4. The summed E-state index contributed by atoms with van der Waals surface area (Å²) in [7, 11) is 1.65. The quantitative estimate of drug-likeness (QED) is 0.842. The van der Waals surface area contributed by atoms with E-state index >= 15 is 0 Å². The monoisotopic (exact) mass is 340 g/mol. The van der Waals surface area contributed by atoms with Gasteiger partial charge in [-0.05, 0) is 49.2 Å². The van der Waals surface area contributed by atoms with Crippen LogP contribution >= 0.6 is 0 Å². The first-order valence-electron chi connectivity index (χ1n) is 8.16. The molecule has 1 heterocycles. The van der Waals surface area contributed by atoms with Gasteiger partial charge in [0.25, 0.3) is 5.91 Å². The summed E-state index contributed by atoms with van der Waals surface area (Å²) in [6.45, 7) is 3.65. The van der Waals surface area contributed by atoms with Crippen LogP contribution in [0.15, 0.2) is 48.8 Å². The number of aliphatic hydroxyl groups excluding tert-OH is 1. The molecule has 2 rings (SSSR count). The van der Waals surface area contributed by atoms with Gasteiger partial charge in [0.2, 0.25) is 0 Å². The molecule has 1 aromatic heterocycles. The zero-order chi connectivity index (χ0) is 18.3. The highest BCUT2D eigenvalue weighted by Gasteiger charge is 2.32. The van der Waals surface area contributed by atoms with E-state index in [4.69, 9.17) is 9.84 Å².